The van der Waals surface area contributed by atoms with Gasteiger partial charge >= 0.3 is 0 Å². The summed E-state index contributed by atoms with van der Waals surface area (Å²) in [6.45, 7) is 3.63. The molecule has 3 heteroatoms. The second-order valence-electron chi connectivity index (χ2n) is 6.22. The van der Waals surface area contributed by atoms with Crippen LogP contribution in [0.25, 0.3) is 0 Å². The average Bonchev–Trinajstić information content (AvgIpc) is 2.28. The summed E-state index contributed by atoms with van der Waals surface area (Å²) in [5, 5.41) is 0. The van der Waals surface area contributed by atoms with Crippen LogP contribution in [0.1, 0.15) is 39.0 Å². The molecule has 0 aliphatic heterocycles. The minimum absolute atomic E-state index is 0.123. The highest BCUT2D eigenvalue weighted by Crippen LogP contribution is 2.40. The van der Waals surface area contributed by atoms with Crippen molar-refractivity contribution < 1.29 is 0 Å². The Bertz CT molecular complexity index is 207. The quantitative estimate of drug-likeness (QED) is 0.722. The van der Waals surface area contributed by atoms with Crippen molar-refractivity contribution in [2.75, 3.05) is 43.1 Å². The van der Waals surface area contributed by atoms with Gasteiger partial charge in [0.25, 0.3) is 0 Å². The van der Waals surface area contributed by atoms with E-state index >= 15 is 0 Å². The van der Waals surface area contributed by atoms with Crippen molar-refractivity contribution in [1.82, 2.24) is 4.31 Å². The molecule has 1 atom stereocenters. The summed E-state index contributed by atoms with van der Waals surface area (Å²) >= 11 is 0.123. The highest BCUT2D eigenvalue weighted by atomic mass is 32.3. The predicted octanol–water partition coefficient (Wildman–Crippen LogP) is 3.88. The number of rotatable bonds is 6. The van der Waals surface area contributed by atoms with Gasteiger partial charge in [-0.3, -0.25) is 4.31 Å². The Labute approximate surface area is 114 Å². The Morgan fingerprint density at radius 3 is 2.18 bits per heavy atom. The van der Waals surface area contributed by atoms with Crippen molar-refractivity contribution in [2.24, 2.45) is 0 Å². The van der Waals surface area contributed by atoms with Gasteiger partial charge in [0.05, 0.1) is 0 Å². The molecule has 0 aromatic rings. The second kappa shape index (κ2) is 7.30. The van der Waals surface area contributed by atoms with Crippen LogP contribution in [-0.2, 0) is 0 Å². The first kappa shape index (κ1) is 15.7. The zero-order valence-corrected chi connectivity index (χ0v) is 14.2. The minimum Gasteiger partial charge on any atom is -0.268 e. The van der Waals surface area contributed by atoms with E-state index in [2.05, 4.69) is 36.3 Å². The van der Waals surface area contributed by atoms with Gasteiger partial charge < -0.3 is 0 Å². The van der Waals surface area contributed by atoms with E-state index in [1.54, 1.807) is 0 Å². The summed E-state index contributed by atoms with van der Waals surface area (Å²) in [7, 11) is -0.302. The van der Waals surface area contributed by atoms with Crippen molar-refractivity contribution >= 4 is 21.1 Å². The highest BCUT2D eigenvalue weighted by molar-refractivity contribution is 8.32. The largest absolute Gasteiger partial charge is 0.268 e. The molecule has 1 aliphatic carbocycles. The van der Waals surface area contributed by atoms with E-state index in [1.807, 2.05) is 0 Å². The molecule has 1 fully saturated rings. The maximum atomic E-state index is 2.85. The molecule has 0 aromatic heterocycles. The maximum Gasteiger partial charge on any atom is 0.0184 e. The monoisotopic (exact) mass is 279 g/mol. The molecule has 0 heterocycles. The third-order valence-electron chi connectivity index (χ3n) is 3.79. The van der Waals surface area contributed by atoms with Gasteiger partial charge in [0.1, 0.15) is 0 Å². The summed E-state index contributed by atoms with van der Waals surface area (Å²) in [6.07, 6.45) is 17.2. The highest BCUT2D eigenvalue weighted by Gasteiger charge is 2.22. The summed E-state index contributed by atoms with van der Waals surface area (Å²) in [5.41, 5.74) is 0. The summed E-state index contributed by atoms with van der Waals surface area (Å²) < 4.78 is 2.85. The van der Waals surface area contributed by atoms with Crippen LogP contribution in [0, 0.1) is 0 Å². The van der Waals surface area contributed by atoms with Gasteiger partial charge in [0.2, 0.25) is 0 Å². The molecule has 0 aromatic carbocycles. The molecule has 0 bridgehead atoms. The predicted molar refractivity (Wildman–Crippen MR) is 89.3 cm³/mol. The van der Waals surface area contributed by atoms with Crippen molar-refractivity contribution in [3.63, 3.8) is 0 Å². The van der Waals surface area contributed by atoms with Crippen LogP contribution in [0.15, 0.2) is 0 Å². The molecular formula is C14H33NS2. The minimum atomic E-state index is -0.302. The Balaban J connectivity index is 2.42. The molecule has 0 saturated heterocycles. The standard InChI is InChI=1S/C14H33NS2/c1-6-15(14-10-8-7-9-11-14)16(2)12-13-17(3,4)5/h14,16H,6-13H2,1-5H3. The van der Waals surface area contributed by atoms with Crippen LogP contribution in [-0.4, -0.2) is 53.4 Å². The van der Waals surface area contributed by atoms with Crippen molar-refractivity contribution in [3.8, 4) is 0 Å². The van der Waals surface area contributed by atoms with Gasteiger partial charge in [0.15, 0.2) is 0 Å². The van der Waals surface area contributed by atoms with Gasteiger partial charge in [-0.1, -0.05) is 26.2 Å². The molecule has 106 valence electrons. The fourth-order valence-electron chi connectivity index (χ4n) is 2.69. The van der Waals surface area contributed by atoms with Crippen molar-refractivity contribution in [1.29, 1.82) is 0 Å². The van der Waals surface area contributed by atoms with E-state index < -0.39 is 0 Å². The molecule has 1 rings (SSSR count). The van der Waals surface area contributed by atoms with Crippen LogP contribution in [0.2, 0.25) is 0 Å². The lowest BCUT2D eigenvalue weighted by Gasteiger charge is -2.41. The van der Waals surface area contributed by atoms with Crippen LogP contribution in [0.5, 0.6) is 0 Å². The Kier molecular flexibility index (Phi) is 6.75. The molecule has 1 saturated carbocycles. The van der Waals surface area contributed by atoms with E-state index in [-0.39, 0.29) is 21.1 Å². The Morgan fingerprint density at radius 2 is 1.71 bits per heavy atom. The molecule has 0 radical (unpaired) electrons. The summed E-state index contributed by atoms with van der Waals surface area (Å²) in [5.74, 6) is 2.91. The first-order chi connectivity index (χ1) is 7.94. The van der Waals surface area contributed by atoms with Gasteiger partial charge in [-0.25, -0.2) is 21.1 Å². The molecule has 0 amide bonds. The third kappa shape index (κ3) is 5.89. The first-order valence-electron chi connectivity index (χ1n) is 7.07. The normalized spacial score (nSPS) is 22.8. The second-order valence-corrected chi connectivity index (χ2v) is 13.1. The van der Waals surface area contributed by atoms with Gasteiger partial charge in [-0.15, -0.1) is 0 Å². The summed E-state index contributed by atoms with van der Waals surface area (Å²) in [6, 6.07) is 0.917. The van der Waals surface area contributed by atoms with Gasteiger partial charge in [0, 0.05) is 12.6 Å². The van der Waals surface area contributed by atoms with E-state index in [0.29, 0.717) is 0 Å². The van der Waals surface area contributed by atoms with Crippen molar-refractivity contribution in [3.05, 3.63) is 0 Å². The molecule has 17 heavy (non-hydrogen) atoms. The SMILES string of the molecule is CCN(C1CCCCC1)[SH](C)CCS(C)(C)C. The number of hydrogen-bond acceptors (Lipinski definition) is 1. The Morgan fingerprint density at radius 1 is 1.12 bits per heavy atom. The summed E-state index contributed by atoms with van der Waals surface area (Å²) in [4.78, 5) is 0. The van der Waals surface area contributed by atoms with E-state index in [0.717, 1.165) is 6.04 Å². The van der Waals surface area contributed by atoms with Crippen LogP contribution >= 0.6 is 21.1 Å². The number of nitrogens with zero attached hydrogens (tertiary/aromatic N) is 1. The zero-order valence-electron chi connectivity index (χ0n) is 12.5. The van der Waals surface area contributed by atoms with E-state index in [4.69, 9.17) is 0 Å². The maximum absolute atomic E-state index is 2.85. The molecule has 1 unspecified atom stereocenters. The smallest absolute Gasteiger partial charge is 0.0184 e. The van der Waals surface area contributed by atoms with Gasteiger partial charge in [-0.2, -0.15) is 0 Å². The van der Waals surface area contributed by atoms with E-state index in [9.17, 15) is 0 Å². The molecule has 0 spiro atoms. The lowest BCUT2D eigenvalue weighted by molar-refractivity contribution is 0.278. The van der Waals surface area contributed by atoms with Crippen LogP contribution in [0.3, 0.4) is 0 Å². The molecular weight excluding hydrogens is 246 g/mol. The fraction of sp³-hybridized carbons (Fsp3) is 1.00. The molecule has 0 N–H and O–H groups in total. The lowest BCUT2D eigenvalue weighted by Crippen LogP contribution is -2.35. The van der Waals surface area contributed by atoms with Crippen LogP contribution in [0.4, 0.5) is 0 Å². The number of hydrogen-bond donors (Lipinski definition) is 1. The van der Waals surface area contributed by atoms with Gasteiger partial charge in [-0.05, 0) is 49.4 Å². The third-order valence-corrected chi connectivity index (χ3v) is 7.87. The lowest BCUT2D eigenvalue weighted by atomic mass is 9.95. The van der Waals surface area contributed by atoms with E-state index in [1.165, 1.54) is 50.2 Å². The van der Waals surface area contributed by atoms with Crippen LogP contribution < -0.4 is 0 Å². The first-order valence-corrected chi connectivity index (χ1v) is 12.0. The fourth-order valence-corrected chi connectivity index (χ4v) is 7.47. The number of thiol groups is 1. The average molecular weight is 280 g/mol. The zero-order chi connectivity index (χ0) is 12.9. The topological polar surface area (TPSA) is 3.24 Å². The Hall–Kier alpha value is 0.660. The molecule has 1 nitrogen and oxygen atoms in total. The van der Waals surface area contributed by atoms with Crippen molar-refractivity contribution in [2.45, 2.75) is 45.1 Å². The molecule has 1 aliphatic rings.